The maximum Gasteiger partial charge on any atom is 0.429 e. The average Bonchev–Trinajstić information content (AvgIpc) is 3.34. The van der Waals surface area contributed by atoms with Gasteiger partial charge in [0.15, 0.2) is 0 Å². The summed E-state index contributed by atoms with van der Waals surface area (Å²) >= 11 is 0. The van der Waals surface area contributed by atoms with E-state index in [0.717, 1.165) is 30.0 Å². The molecule has 2 heterocycles. The second-order valence-corrected chi connectivity index (χ2v) is 13.8. The van der Waals surface area contributed by atoms with Gasteiger partial charge in [0.05, 0.1) is 18.0 Å². The molecule has 1 atom stereocenters. The first-order valence-electron chi connectivity index (χ1n) is 14.2. The van der Waals surface area contributed by atoms with Crippen molar-refractivity contribution in [2.75, 3.05) is 45.5 Å². The van der Waals surface area contributed by atoms with Gasteiger partial charge in [-0.3, -0.25) is 4.90 Å². The number of benzene rings is 2. The molecule has 1 amide bonds. The van der Waals surface area contributed by atoms with Gasteiger partial charge in [0.1, 0.15) is 17.5 Å². The molecule has 2 N–H and O–H groups in total. The normalized spacial score (nSPS) is 15.8. The Hall–Kier alpha value is -3.39. The zero-order valence-corrected chi connectivity index (χ0v) is 25.9. The number of nitrogens with zero attached hydrogens (tertiary/aromatic N) is 5. The molecule has 0 saturated carbocycles. The van der Waals surface area contributed by atoms with Crippen LogP contribution in [0.15, 0.2) is 54.7 Å². The summed E-state index contributed by atoms with van der Waals surface area (Å²) in [5, 5.41) is 1.46. The van der Waals surface area contributed by atoms with Crippen LogP contribution in [0.25, 0.3) is 11.3 Å². The number of hydrogen-bond acceptors (Lipinski definition) is 7. The fourth-order valence-corrected chi connectivity index (χ4v) is 6.04. The van der Waals surface area contributed by atoms with E-state index in [1.165, 1.54) is 9.37 Å². The van der Waals surface area contributed by atoms with Crippen molar-refractivity contribution in [1.29, 1.82) is 0 Å². The number of carbonyl (C=O) groups excluding carboxylic acids is 1. The third-order valence-electron chi connectivity index (χ3n) is 7.30. The van der Waals surface area contributed by atoms with Crippen molar-refractivity contribution in [3.05, 3.63) is 77.8 Å². The number of aromatic nitrogens is 2. The van der Waals surface area contributed by atoms with Gasteiger partial charge in [-0.1, -0.05) is 51.1 Å². The van der Waals surface area contributed by atoms with Crippen LogP contribution in [0.1, 0.15) is 44.6 Å². The fourth-order valence-electron chi connectivity index (χ4n) is 5.22. The van der Waals surface area contributed by atoms with E-state index in [0.29, 0.717) is 25.3 Å². The molecular formula is C30H40F2N6O4S. The van der Waals surface area contributed by atoms with Crippen LogP contribution in [0, 0.1) is 17.0 Å². The Kier molecular flexibility index (Phi) is 10.2. The van der Waals surface area contributed by atoms with E-state index in [4.69, 9.17) is 15.6 Å². The number of halogens is 2. The average molecular weight is 619 g/mol. The molecule has 1 saturated heterocycles. The second-order valence-electron chi connectivity index (χ2n) is 11.8. The highest BCUT2D eigenvalue weighted by molar-refractivity contribution is 7.88. The van der Waals surface area contributed by atoms with Gasteiger partial charge in [-0.05, 0) is 42.1 Å². The van der Waals surface area contributed by atoms with Crippen molar-refractivity contribution >= 4 is 16.1 Å². The van der Waals surface area contributed by atoms with Crippen molar-refractivity contribution in [2.45, 2.75) is 39.8 Å². The Morgan fingerprint density at radius 3 is 2.37 bits per heavy atom. The lowest BCUT2D eigenvalue weighted by Gasteiger charge is -2.40. The van der Waals surface area contributed by atoms with Crippen LogP contribution < -0.4 is 5.73 Å². The molecule has 1 aliphatic rings. The Morgan fingerprint density at radius 1 is 1.09 bits per heavy atom. The van der Waals surface area contributed by atoms with E-state index >= 15 is 0 Å². The smallest absolute Gasteiger partial charge is 0.351 e. The van der Waals surface area contributed by atoms with E-state index < -0.39 is 39.2 Å². The zero-order chi connectivity index (χ0) is 31.4. The molecule has 43 heavy (non-hydrogen) atoms. The molecule has 1 aromatic heterocycles. The van der Waals surface area contributed by atoms with E-state index in [-0.39, 0.29) is 44.0 Å². The molecule has 234 valence electrons. The second kappa shape index (κ2) is 13.5. The summed E-state index contributed by atoms with van der Waals surface area (Å²) in [6, 6.07) is 12.2. The number of sulfonamides is 1. The van der Waals surface area contributed by atoms with Gasteiger partial charge in [-0.2, -0.15) is 4.31 Å². The summed E-state index contributed by atoms with van der Waals surface area (Å²) in [7, 11) is -3.35. The van der Waals surface area contributed by atoms with Gasteiger partial charge in [-0.25, -0.2) is 27.0 Å². The van der Waals surface area contributed by atoms with Gasteiger partial charge in [0.2, 0.25) is 10.0 Å². The highest BCUT2D eigenvalue weighted by Gasteiger charge is 2.40. The third kappa shape index (κ3) is 8.17. The Labute approximate surface area is 252 Å². The first-order chi connectivity index (χ1) is 20.3. The number of hydrogen-bond donors (Lipinski definition) is 1. The van der Waals surface area contributed by atoms with Crippen LogP contribution in [0.2, 0.25) is 0 Å². The predicted octanol–water partition coefficient (Wildman–Crippen LogP) is 4.24. The van der Waals surface area contributed by atoms with E-state index in [1.54, 1.807) is 11.1 Å². The molecule has 10 nitrogen and oxygen atoms in total. The summed E-state index contributed by atoms with van der Waals surface area (Å²) in [5.74, 6) is -0.727. The first-order valence-corrected chi connectivity index (χ1v) is 16.1. The zero-order valence-electron chi connectivity index (χ0n) is 25.0. The highest BCUT2D eigenvalue weighted by atomic mass is 32.2. The highest BCUT2D eigenvalue weighted by Crippen LogP contribution is 2.40. The standard InChI is InChI=1S/C30H40F2N6O4S/c1-30(2,3)27(38(14-8-13-33)29(39)42-36-15-17-37(18-16-36)43(4,40)41)28-34-26(24-19-23(31)11-12-25(24)32)21-35(28)20-22-9-6-5-7-10-22/h5-7,9-12,19,21,27H,8,13-18,20,33H2,1-4H3/t27-/m0/s1. The minimum Gasteiger partial charge on any atom is -0.351 e. The van der Waals surface area contributed by atoms with Crippen LogP contribution >= 0.6 is 0 Å². The van der Waals surface area contributed by atoms with E-state index in [9.17, 15) is 22.0 Å². The number of carbonyl (C=O) groups is 1. The Bertz CT molecular complexity index is 1500. The molecular weight excluding hydrogens is 578 g/mol. The molecule has 3 aromatic rings. The summed E-state index contributed by atoms with van der Waals surface area (Å²) < 4.78 is 56.2. The van der Waals surface area contributed by atoms with Crippen molar-refractivity contribution in [2.24, 2.45) is 11.1 Å². The lowest BCUT2D eigenvalue weighted by Crippen LogP contribution is -2.51. The number of rotatable bonds is 10. The summed E-state index contributed by atoms with van der Waals surface area (Å²) in [5.41, 5.74) is 6.49. The molecule has 0 spiro atoms. The molecule has 13 heteroatoms. The number of hydroxylamine groups is 2. The molecule has 0 aliphatic carbocycles. The predicted molar refractivity (Wildman–Crippen MR) is 160 cm³/mol. The quantitative estimate of drug-likeness (QED) is 0.362. The number of piperazine rings is 1. The van der Waals surface area contributed by atoms with E-state index in [2.05, 4.69) is 0 Å². The fraction of sp³-hybridized carbons (Fsp3) is 0.467. The Morgan fingerprint density at radius 2 is 1.77 bits per heavy atom. The van der Waals surface area contributed by atoms with Crippen LogP contribution in [-0.2, 0) is 21.4 Å². The molecule has 1 fully saturated rings. The van der Waals surface area contributed by atoms with Crippen molar-refractivity contribution < 1.29 is 26.8 Å². The van der Waals surface area contributed by atoms with Gasteiger partial charge in [0, 0.05) is 51.0 Å². The van der Waals surface area contributed by atoms with Gasteiger partial charge in [0.25, 0.3) is 0 Å². The van der Waals surface area contributed by atoms with Gasteiger partial charge in [-0.15, -0.1) is 5.06 Å². The summed E-state index contributed by atoms with van der Waals surface area (Å²) in [4.78, 5) is 26.1. The van der Waals surface area contributed by atoms with Crippen LogP contribution in [0.4, 0.5) is 13.6 Å². The largest absolute Gasteiger partial charge is 0.429 e. The van der Waals surface area contributed by atoms with Gasteiger partial charge < -0.3 is 15.1 Å². The first kappa shape index (κ1) is 32.5. The minimum atomic E-state index is -3.35. The maximum absolute atomic E-state index is 14.9. The molecule has 4 rings (SSSR count). The third-order valence-corrected chi connectivity index (χ3v) is 8.60. The van der Waals surface area contributed by atoms with Crippen molar-refractivity contribution in [3.8, 4) is 11.3 Å². The summed E-state index contributed by atoms with van der Waals surface area (Å²) in [6.45, 7) is 7.68. The van der Waals surface area contributed by atoms with Crippen LogP contribution in [-0.4, -0.2) is 83.9 Å². The lowest BCUT2D eigenvalue weighted by atomic mass is 9.84. The SMILES string of the molecule is CC(C)(C)[C@H](c1nc(-c2cc(F)ccc2F)cn1Cc1ccccc1)N(CCCN)C(=O)ON1CCN(S(C)(=O)=O)CC1. The summed E-state index contributed by atoms with van der Waals surface area (Å²) in [6.07, 6.45) is 2.68. The van der Waals surface area contributed by atoms with Gasteiger partial charge >= 0.3 is 6.09 Å². The topological polar surface area (TPSA) is 114 Å². The van der Waals surface area contributed by atoms with Crippen LogP contribution in [0.5, 0.6) is 0 Å². The van der Waals surface area contributed by atoms with Crippen molar-refractivity contribution in [3.63, 3.8) is 0 Å². The molecule has 0 bridgehead atoms. The Balaban J connectivity index is 1.74. The van der Waals surface area contributed by atoms with Crippen molar-refractivity contribution in [1.82, 2.24) is 23.8 Å². The molecule has 2 aromatic carbocycles. The molecule has 0 radical (unpaired) electrons. The van der Waals surface area contributed by atoms with Crippen LogP contribution in [0.3, 0.4) is 0 Å². The molecule has 1 aliphatic heterocycles. The minimum absolute atomic E-state index is 0.0144. The maximum atomic E-state index is 14.9. The lowest BCUT2D eigenvalue weighted by molar-refractivity contribution is -0.132. The number of amides is 1. The monoisotopic (exact) mass is 618 g/mol. The number of nitrogens with two attached hydrogens (primary N) is 1. The number of imidazole rings is 1. The van der Waals surface area contributed by atoms with E-state index in [1.807, 2.05) is 55.7 Å². The molecule has 0 unspecified atom stereocenters.